The number of nitrogens with two attached hydrogens (primary N) is 1. The molecule has 0 aliphatic heterocycles. The van der Waals surface area contributed by atoms with Crippen molar-refractivity contribution >= 4 is 0 Å². The van der Waals surface area contributed by atoms with Crippen molar-refractivity contribution in [1.82, 2.24) is 5.16 Å². The van der Waals surface area contributed by atoms with E-state index in [2.05, 4.69) is 5.16 Å². The quantitative estimate of drug-likeness (QED) is 0.645. The van der Waals surface area contributed by atoms with Gasteiger partial charge in [0.1, 0.15) is 5.76 Å². The number of aromatic nitrogens is 1. The molecule has 0 amide bonds. The minimum absolute atomic E-state index is 0.641. The molecular formula is C8H12N2O. The van der Waals surface area contributed by atoms with Crippen LogP contribution in [0.3, 0.4) is 0 Å². The SMILES string of the molecule is NC[C@H]1CCc2oncc2C1. The van der Waals surface area contributed by atoms with Crippen LogP contribution in [0.4, 0.5) is 0 Å². The van der Waals surface area contributed by atoms with Crippen molar-refractivity contribution in [1.29, 1.82) is 0 Å². The van der Waals surface area contributed by atoms with Crippen molar-refractivity contribution in [3.05, 3.63) is 17.5 Å². The Labute approximate surface area is 65.6 Å². The van der Waals surface area contributed by atoms with Gasteiger partial charge < -0.3 is 10.3 Å². The molecule has 2 rings (SSSR count). The second-order valence-electron chi connectivity index (χ2n) is 3.12. The first kappa shape index (κ1) is 6.85. The van der Waals surface area contributed by atoms with E-state index in [0.29, 0.717) is 5.92 Å². The molecule has 2 N–H and O–H groups in total. The summed E-state index contributed by atoms with van der Waals surface area (Å²) in [5.41, 5.74) is 6.83. The molecule has 0 spiro atoms. The number of nitrogens with zero attached hydrogens (tertiary/aromatic N) is 1. The molecule has 0 saturated carbocycles. The normalized spacial score (nSPS) is 23.2. The minimum atomic E-state index is 0.641. The molecule has 1 aromatic rings. The Morgan fingerprint density at radius 3 is 3.45 bits per heavy atom. The highest BCUT2D eigenvalue weighted by Crippen LogP contribution is 2.23. The number of hydrogen-bond donors (Lipinski definition) is 1. The number of fused-ring (bicyclic) bond motifs is 1. The maximum Gasteiger partial charge on any atom is 0.139 e. The van der Waals surface area contributed by atoms with E-state index < -0.39 is 0 Å². The summed E-state index contributed by atoms with van der Waals surface area (Å²) in [6.07, 6.45) is 5.03. The van der Waals surface area contributed by atoms with E-state index >= 15 is 0 Å². The molecule has 0 unspecified atom stereocenters. The fourth-order valence-electron chi connectivity index (χ4n) is 1.61. The molecule has 11 heavy (non-hydrogen) atoms. The standard InChI is InChI=1S/C8H12N2O/c9-4-6-1-2-8-7(3-6)5-10-11-8/h5-6H,1-4,9H2/t6-/m0/s1. The Hall–Kier alpha value is -0.830. The van der Waals surface area contributed by atoms with Crippen molar-refractivity contribution in [3.63, 3.8) is 0 Å². The molecule has 3 nitrogen and oxygen atoms in total. The summed E-state index contributed by atoms with van der Waals surface area (Å²) >= 11 is 0. The highest BCUT2D eigenvalue weighted by molar-refractivity contribution is 5.17. The van der Waals surface area contributed by atoms with E-state index in [4.69, 9.17) is 10.3 Å². The van der Waals surface area contributed by atoms with Gasteiger partial charge in [-0.15, -0.1) is 0 Å². The lowest BCUT2D eigenvalue weighted by Crippen LogP contribution is -2.21. The topological polar surface area (TPSA) is 52.0 Å². The molecule has 0 saturated heterocycles. The van der Waals surface area contributed by atoms with Gasteiger partial charge in [-0.2, -0.15) is 0 Å². The Morgan fingerprint density at radius 2 is 2.64 bits per heavy atom. The van der Waals surface area contributed by atoms with Crippen molar-refractivity contribution < 1.29 is 4.52 Å². The van der Waals surface area contributed by atoms with Gasteiger partial charge >= 0.3 is 0 Å². The lowest BCUT2D eigenvalue weighted by atomic mass is 9.88. The van der Waals surface area contributed by atoms with E-state index in [9.17, 15) is 0 Å². The second-order valence-corrected chi connectivity index (χ2v) is 3.12. The zero-order valence-electron chi connectivity index (χ0n) is 6.42. The molecule has 0 bridgehead atoms. The third-order valence-corrected chi connectivity index (χ3v) is 2.35. The molecular weight excluding hydrogens is 140 g/mol. The molecule has 1 atom stereocenters. The molecule has 1 heterocycles. The zero-order chi connectivity index (χ0) is 7.68. The second kappa shape index (κ2) is 2.66. The Morgan fingerprint density at radius 1 is 1.73 bits per heavy atom. The molecule has 1 aromatic heterocycles. The predicted molar refractivity (Wildman–Crippen MR) is 41.1 cm³/mol. The summed E-state index contributed by atoms with van der Waals surface area (Å²) in [5.74, 6) is 1.71. The van der Waals surface area contributed by atoms with Crippen LogP contribution in [0.25, 0.3) is 0 Å². The van der Waals surface area contributed by atoms with Gasteiger partial charge in [0, 0.05) is 12.0 Å². The zero-order valence-corrected chi connectivity index (χ0v) is 6.42. The summed E-state index contributed by atoms with van der Waals surface area (Å²) < 4.78 is 5.06. The van der Waals surface area contributed by atoms with E-state index in [1.165, 1.54) is 5.56 Å². The first-order valence-electron chi connectivity index (χ1n) is 4.02. The van der Waals surface area contributed by atoms with E-state index in [1.54, 1.807) is 0 Å². The van der Waals surface area contributed by atoms with Gasteiger partial charge in [0.25, 0.3) is 0 Å². The van der Waals surface area contributed by atoms with Gasteiger partial charge in [0.2, 0.25) is 0 Å². The molecule has 1 aliphatic rings. The fourth-order valence-corrected chi connectivity index (χ4v) is 1.61. The van der Waals surface area contributed by atoms with Gasteiger partial charge in [-0.25, -0.2) is 0 Å². The Bertz CT molecular complexity index is 244. The number of rotatable bonds is 1. The van der Waals surface area contributed by atoms with Crippen molar-refractivity contribution in [2.75, 3.05) is 6.54 Å². The minimum Gasteiger partial charge on any atom is -0.361 e. The summed E-state index contributed by atoms with van der Waals surface area (Å²) in [7, 11) is 0. The van der Waals surface area contributed by atoms with Crippen molar-refractivity contribution in [2.45, 2.75) is 19.3 Å². The molecule has 0 aromatic carbocycles. The summed E-state index contributed by atoms with van der Waals surface area (Å²) in [4.78, 5) is 0. The molecule has 1 aliphatic carbocycles. The molecule has 0 fully saturated rings. The number of aryl methyl sites for hydroxylation is 1. The van der Waals surface area contributed by atoms with Crippen LogP contribution in [0.5, 0.6) is 0 Å². The van der Waals surface area contributed by atoms with Crippen LogP contribution >= 0.6 is 0 Å². The lowest BCUT2D eigenvalue weighted by molar-refractivity contribution is 0.351. The van der Waals surface area contributed by atoms with Gasteiger partial charge in [-0.1, -0.05) is 5.16 Å². The van der Waals surface area contributed by atoms with Gasteiger partial charge in [0.15, 0.2) is 0 Å². The summed E-state index contributed by atoms with van der Waals surface area (Å²) in [6, 6.07) is 0. The molecule has 3 heteroatoms. The Kier molecular flexibility index (Phi) is 1.66. The van der Waals surface area contributed by atoms with E-state index in [-0.39, 0.29) is 0 Å². The first-order valence-corrected chi connectivity index (χ1v) is 4.02. The van der Waals surface area contributed by atoms with E-state index in [1.807, 2.05) is 6.20 Å². The maximum absolute atomic E-state index is 5.58. The van der Waals surface area contributed by atoms with Crippen LogP contribution in [0.15, 0.2) is 10.7 Å². The highest BCUT2D eigenvalue weighted by Gasteiger charge is 2.20. The van der Waals surface area contributed by atoms with Gasteiger partial charge in [-0.3, -0.25) is 0 Å². The van der Waals surface area contributed by atoms with Crippen molar-refractivity contribution in [2.24, 2.45) is 11.7 Å². The largest absolute Gasteiger partial charge is 0.361 e. The molecule has 60 valence electrons. The monoisotopic (exact) mass is 152 g/mol. The van der Waals surface area contributed by atoms with Crippen LogP contribution in [0, 0.1) is 5.92 Å². The van der Waals surface area contributed by atoms with Crippen LogP contribution in [-0.4, -0.2) is 11.7 Å². The number of hydrogen-bond acceptors (Lipinski definition) is 3. The van der Waals surface area contributed by atoms with Crippen molar-refractivity contribution in [3.8, 4) is 0 Å². The maximum atomic E-state index is 5.58. The van der Waals surface area contributed by atoms with Crippen LogP contribution in [0.2, 0.25) is 0 Å². The van der Waals surface area contributed by atoms with Crippen LogP contribution in [0.1, 0.15) is 17.7 Å². The Balaban J connectivity index is 2.18. The van der Waals surface area contributed by atoms with E-state index in [0.717, 1.165) is 31.6 Å². The average molecular weight is 152 g/mol. The summed E-state index contributed by atoms with van der Waals surface area (Å²) in [6.45, 7) is 0.782. The lowest BCUT2D eigenvalue weighted by Gasteiger charge is -2.17. The summed E-state index contributed by atoms with van der Waals surface area (Å²) in [5, 5.41) is 3.76. The van der Waals surface area contributed by atoms with Crippen LogP contribution < -0.4 is 5.73 Å². The average Bonchev–Trinajstić information content (AvgIpc) is 2.50. The smallest absolute Gasteiger partial charge is 0.139 e. The predicted octanol–water partition coefficient (Wildman–Crippen LogP) is 0.738. The third kappa shape index (κ3) is 1.16. The van der Waals surface area contributed by atoms with Crippen LogP contribution in [-0.2, 0) is 12.8 Å². The highest BCUT2D eigenvalue weighted by atomic mass is 16.5. The molecule has 0 radical (unpaired) electrons. The van der Waals surface area contributed by atoms with Gasteiger partial charge in [-0.05, 0) is 25.3 Å². The first-order chi connectivity index (χ1) is 5.40. The fraction of sp³-hybridized carbons (Fsp3) is 0.625. The third-order valence-electron chi connectivity index (χ3n) is 2.35. The van der Waals surface area contributed by atoms with Gasteiger partial charge in [0.05, 0.1) is 6.20 Å².